The molecule has 3 aromatic carbocycles. The number of aryl methyl sites for hydroxylation is 1. The minimum Gasteiger partial charge on any atom is -0.454 e. The maximum atomic E-state index is 14.3. The van der Waals surface area contributed by atoms with Crippen LogP contribution in [-0.4, -0.2) is 15.0 Å². The summed E-state index contributed by atoms with van der Waals surface area (Å²) in [6.45, 7) is 1.78. The van der Waals surface area contributed by atoms with Crippen LogP contribution in [0.4, 0.5) is 4.39 Å². The van der Waals surface area contributed by atoms with Crippen molar-refractivity contribution < 1.29 is 21.7 Å². The van der Waals surface area contributed by atoms with Crippen molar-refractivity contribution in [1.82, 2.24) is 0 Å². The first-order chi connectivity index (χ1) is 13.3. The Balaban J connectivity index is 1.60. The van der Waals surface area contributed by atoms with Crippen LogP contribution in [0.1, 0.15) is 11.1 Å². The lowest BCUT2D eigenvalue weighted by molar-refractivity contribution is 0.322. The summed E-state index contributed by atoms with van der Waals surface area (Å²) in [5.74, 6) is -0.0170. The second-order valence-electron chi connectivity index (χ2n) is 6.16. The third kappa shape index (κ3) is 5.32. The molecule has 0 fully saturated rings. The second kappa shape index (κ2) is 8.73. The van der Waals surface area contributed by atoms with Gasteiger partial charge in [0.25, 0.3) is 10.1 Å². The molecule has 0 aliphatic carbocycles. The maximum absolute atomic E-state index is 14.3. The fourth-order valence-corrected chi connectivity index (χ4v) is 3.49. The molecule has 0 unspecified atom stereocenters. The number of hydrogen-bond donors (Lipinski definition) is 0. The van der Waals surface area contributed by atoms with Gasteiger partial charge in [0.15, 0.2) is 11.6 Å². The molecule has 0 heterocycles. The van der Waals surface area contributed by atoms with Crippen LogP contribution in [0, 0.1) is 12.7 Å². The molecule has 0 atom stereocenters. The summed E-state index contributed by atoms with van der Waals surface area (Å²) < 4.78 is 49.1. The Kier molecular flexibility index (Phi) is 6.34. The van der Waals surface area contributed by atoms with E-state index in [2.05, 4.69) is 0 Å². The van der Waals surface area contributed by atoms with Gasteiger partial charge in [-0.1, -0.05) is 35.4 Å². The third-order valence-corrected chi connectivity index (χ3v) is 5.56. The molecular weight excluding hydrogens is 403 g/mol. The number of halogens is 2. The average molecular weight is 421 g/mol. The van der Waals surface area contributed by atoms with E-state index in [1.807, 2.05) is 6.92 Å². The van der Waals surface area contributed by atoms with E-state index in [0.717, 1.165) is 5.56 Å². The quantitative estimate of drug-likeness (QED) is 0.472. The maximum Gasteiger partial charge on any atom is 0.296 e. The van der Waals surface area contributed by atoms with Gasteiger partial charge >= 0.3 is 0 Å². The molecule has 28 heavy (non-hydrogen) atoms. The molecule has 0 radical (unpaired) electrons. The molecule has 146 valence electrons. The van der Waals surface area contributed by atoms with Gasteiger partial charge < -0.3 is 4.74 Å². The molecule has 0 aliphatic rings. The zero-order valence-electron chi connectivity index (χ0n) is 15.1. The summed E-state index contributed by atoms with van der Waals surface area (Å²) >= 11 is 5.81. The Bertz CT molecular complexity index is 1050. The molecule has 0 N–H and O–H groups in total. The lowest BCUT2D eigenvalue weighted by Gasteiger charge is -2.09. The van der Waals surface area contributed by atoms with E-state index in [1.165, 1.54) is 24.3 Å². The minimum atomic E-state index is -3.84. The fraction of sp³-hybridized carbons (Fsp3) is 0.143. The van der Waals surface area contributed by atoms with Gasteiger partial charge in [-0.2, -0.15) is 8.42 Å². The summed E-state index contributed by atoms with van der Waals surface area (Å²) in [5, 5.41) is 0.559. The van der Waals surface area contributed by atoms with Crippen LogP contribution in [0.3, 0.4) is 0 Å². The van der Waals surface area contributed by atoms with E-state index in [4.69, 9.17) is 20.5 Å². The minimum absolute atomic E-state index is 0.0688. The molecular formula is C21H18ClFO4S. The molecule has 0 bridgehead atoms. The average Bonchev–Trinajstić information content (AvgIpc) is 2.66. The van der Waals surface area contributed by atoms with Crippen LogP contribution in [0.25, 0.3) is 0 Å². The van der Waals surface area contributed by atoms with Crippen molar-refractivity contribution in [1.29, 1.82) is 0 Å². The van der Waals surface area contributed by atoms with E-state index < -0.39 is 15.9 Å². The van der Waals surface area contributed by atoms with Crippen LogP contribution >= 0.6 is 11.6 Å². The molecule has 0 spiro atoms. The zero-order chi connectivity index (χ0) is 20.1. The van der Waals surface area contributed by atoms with Crippen molar-refractivity contribution in [3.8, 4) is 11.5 Å². The molecule has 0 aromatic heterocycles. The largest absolute Gasteiger partial charge is 0.454 e. The Morgan fingerprint density at radius 2 is 1.64 bits per heavy atom. The fourth-order valence-electron chi connectivity index (χ4n) is 2.45. The smallest absolute Gasteiger partial charge is 0.296 e. The summed E-state index contributed by atoms with van der Waals surface area (Å²) in [7, 11) is -3.84. The molecule has 3 rings (SSSR count). The standard InChI is InChI=1S/C21H18ClFO4S/c1-15-2-9-19(10-3-15)28(24,25)26-13-12-16-4-11-21(20(23)14-16)27-18-7-5-17(22)6-8-18/h2-11,14H,12-13H2,1H3. The molecule has 0 aliphatic heterocycles. The van der Waals surface area contributed by atoms with Crippen LogP contribution in [0.2, 0.25) is 5.02 Å². The monoisotopic (exact) mass is 420 g/mol. The number of rotatable bonds is 7. The number of hydrogen-bond acceptors (Lipinski definition) is 4. The van der Waals surface area contributed by atoms with Gasteiger partial charge in [0.1, 0.15) is 5.75 Å². The van der Waals surface area contributed by atoms with Crippen LogP contribution < -0.4 is 4.74 Å². The lowest BCUT2D eigenvalue weighted by atomic mass is 10.1. The van der Waals surface area contributed by atoms with Crippen molar-refractivity contribution >= 4 is 21.7 Å². The van der Waals surface area contributed by atoms with Crippen LogP contribution in [0.15, 0.2) is 71.6 Å². The summed E-state index contributed by atoms with van der Waals surface area (Å²) in [5.41, 5.74) is 1.55. The highest BCUT2D eigenvalue weighted by Crippen LogP contribution is 2.26. The summed E-state index contributed by atoms with van der Waals surface area (Å²) in [4.78, 5) is 0.0935. The Morgan fingerprint density at radius 1 is 0.964 bits per heavy atom. The van der Waals surface area contributed by atoms with Gasteiger partial charge in [-0.3, -0.25) is 4.18 Å². The third-order valence-electron chi connectivity index (χ3n) is 3.98. The predicted molar refractivity (Wildman–Crippen MR) is 106 cm³/mol. The van der Waals surface area contributed by atoms with Gasteiger partial charge in [0.05, 0.1) is 11.5 Å². The van der Waals surface area contributed by atoms with Gasteiger partial charge in [-0.15, -0.1) is 0 Å². The van der Waals surface area contributed by atoms with E-state index in [9.17, 15) is 12.8 Å². The first-order valence-electron chi connectivity index (χ1n) is 8.51. The molecule has 3 aromatic rings. The SMILES string of the molecule is Cc1ccc(S(=O)(=O)OCCc2ccc(Oc3ccc(Cl)cc3)c(F)c2)cc1. The summed E-state index contributed by atoms with van der Waals surface area (Å²) in [6, 6.07) is 17.4. The van der Waals surface area contributed by atoms with E-state index >= 15 is 0 Å². The highest BCUT2D eigenvalue weighted by atomic mass is 35.5. The Morgan fingerprint density at radius 3 is 2.29 bits per heavy atom. The van der Waals surface area contributed by atoms with Gasteiger partial charge in [0, 0.05) is 5.02 Å². The van der Waals surface area contributed by atoms with Crippen molar-refractivity contribution in [3.05, 3.63) is 88.7 Å². The van der Waals surface area contributed by atoms with Gasteiger partial charge in [0.2, 0.25) is 0 Å². The first-order valence-corrected chi connectivity index (χ1v) is 10.3. The van der Waals surface area contributed by atoms with Gasteiger partial charge in [-0.25, -0.2) is 4.39 Å². The Labute approximate surface area is 168 Å². The number of benzene rings is 3. The highest BCUT2D eigenvalue weighted by molar-refractivity contribution is 7.86. The van der Waals surface area contributed by atoms with Gasteiger partial charge in [-0.05, 0) is 67.4 Å². The normalized spacial score (nSPS) is 11.4. The Hall–Kier alpha value is -2.41. The highest BCUT2D eigenvalue weighted by Gasteiger charge is 2.15. The van der Waals surface area contributed by atoms with Crippen molar-refractivity contribution in [2.75, 3.05) is 6.61 Å². The van der Waals surface area contributed by atoms with Crippen molar-refractivity contribution in [2.24, 2.45) is 0 Å². The topological polar surface area (TPSA) is 52.6 Å². The van der Waals surface area contributed by atoms with Crippen LogP contribution in [-0.2, 0) is 20.7 Å². The predicted octanol–water partition coefficient (Wildman–Crippen LogP) is 5.53. The van der Waals surface area contributed by atoms with E-state index in [1.54, 1.807) is 42.5 Å². The second-order valence-corrected chi connectivity index (χ2v) is 8.21. The molecule has 0 saturated heterocycles. The number of ether oxygens (including phenoxy) is 1. The summed E-state index contributed by atoms with van der Waals surface area (Å²) in [6.07, 6.45) is 0.239. The van der Waals surface area contributed by atoms with Crippen molar-refractivity contribution in [3.63, 3.8) is 0 Å². The van der Waals surface area contributed by atoms with Crippen molar-refractivity contribution in [2.45, 2.75) is 18.2 Å². The van der Waals surface area contributed by atoms with E-state index in [-0.39, 0.29) is 23.7 Å². The molecule has 0 saturated carbocycles. The molecule has 0 amide bonds. The molecule has 4 nitrogen and oxygen atoms in total. The first kappa shape index (κ1) is 20.3. The molecule has 7 heteroatoms. The van der Waals surface area contributed by atoms with Crippen LogP contribution in [0.5, 0.6) is 11.5 Å². The van der Waals surface area contributed by atoms with E-state index in [0.29, 0.717) is 16.3 Å². The lowest BCUT2D eigenvalue weighted by Crippen LogP contribution is -2.09. The zero-order valence-corrected chi connectivity index (χ0v) is 16.6.